The van der Waals surface area contributed by atoms with Crippen molar-refractivity contribution in [3.8, 4) is 0 Å². The van der Waals surface area contributed by atoms with Gasteiger partial charge in [-0.1, -0.05) is 5.16 Å². The number of carbonyl (C=O) groups is 1. The summed E-state index contributed by atoms with van der Waals surface area (Å²) in [5, 5.41) is 6.25. The van der Waals surface area contributed by atoms with Crippen LogP contribution in [0.1, 0.15) is 22.1 Å². The van der Waals surface area contributed by atoms with Crippen LogP contribution in [-0.2, 0) is 13.6 Å². The minimum atomic E-state index is -0.352. The van der Waals surface area contributed by atoms with E-state index in [1.807, 2.05) is 0 Å². The number of carbonyl (C=O) groups excluding carboxylic acids is 1. The van der Waals surface area contributed by atoms with Gasteiger partial charge in [0, 0.05) is 31.8 Å². The number of nitrogens with zero attached hydrogens (tertiary/aromatic N) is 3. The van der Waals surface area contributed by atoms with Gasteiger partial charge in [-0.2, -0.15) is 4.98 Å². The Morgan fingerprint density at radius 1 is 1.56 bits per heavy atom. The maximum atomic E-state index is 11.7. The number of aromatic nitrogens is 3. The lowest BCUT2D eigenvalue weighted by molar-refractivity contribution is 0.0949. The average Bonchev–Trinajstić information content (AvgIpc) is 2.75. The minimum Gasteiger partial charge on any atom is -0.345 e. The van der Waals surface area contributed by atoms with Crippen LogP contribution < -0.4 is 10.9 Å². The van der Waals surface area contributed by atoms with E-state index in [1.54, 1.807) is 20.0 Å². The Labute approximate surface area is 102 Å². The fraction of sp³-hybridized carbons (Fsp3) is 0.273. The zero-order chi connectivity index (χ0) is 13.1. The van der Waals surface area contributed by atoms with Crippen molar-refractivity contribution in [1.82, 2.24) is 20.0 Å². The van der Waals surface area contributed by atoms with E-state index in [0.29, 0.717) is 17.3 Å². The molecule has 0 unspecified atom stereocenters. The summed E-state index contributed by atoms with van der Waals surface area (Å²) in [5.74, 6) is 0.479. The molecule has 1 amide bonds. The van der Waals surface area contributed by atoms with Crippen LogP contribution in [0.25, 0.3) is 0 Å². The van der Waals surface area contributed by atoms with Gasteiger partial charge >= 0.3 is 0 Å². The molecule has 1 N–H and O–H groups in total. The quantitative estimate of drug-likeness (QED) is 0.826. The third kappa shape index (κ3) is 2.62. The number of amides is 1. The van der Waals surface area contributed by atoms with Crippen molar-refractivity contribution in [2.45, 2.75) is 13.5 Å². The predicted octanol–water partition coefficient (Wildman–Crippen LogP) is 0.00672. The van der Waals surface area contributed by atoms with Crippen LogP contribution in [0.2, 0.25) is 0 Å². The van der Waals surface area contributed by atoms with E-state index < -0.39 is 0 Å². The molecule has 0 saturated heterocycles. The van der Waals surface area contributed by atoms with Gasteiger partial charge in [0.05, 0.1) is 6.54 Å². The maximum absolute atomic E-state index is 11.7. The summed E-state index contributed by atoms with van der Waals surface area (Å²) >= 11 is 0. The van der Waals surface area contributed by atoms with Gasteiger partial charge in [0.2, 0.25) is 5.89 Å². The topological polar surface area (TPSA) is 90.0 Å². The van der Waals surface area contributed by atoms with Crippen LogP contribution in [0.3, 0.4) is 0 Å². The first-order valence-corrected chi connectivity index (χ1v) is 5.30. The Kier molecular flexibility index (Phi) is 3.22. The van der Waals surface area contributed by atoms with Crippen LogP contribution in [0.4, 0.5) is 0 Å². The Bertz CT molecular complexity index is 629. The second-order valence-electron chi connectivity index (χ2n) is 3.78. The lowest BCUT2D eigenvalue weighted by Gasteiger charge is -2.03. The zero-order valence-corrected chi connectivity index (χ0v) is 10.0. The standard InChI is InChI=1S/C11H12N4O3/c1-7-13-9(14-18-7)6-12-11(17)8-3-4-15(2)10(16)5-8/h3-5H,6H2,1-2H3,(H,12,17). The van der Waals surface area contributed by atoms with E-state index in [1.165, 1.54) is 16.8 Å². The molecule has 2 aromatic rings. The number of hydrogen-bond donors (Lipinski definition) is 1. The summed E-state index contributed by atoms with van der Waals surface area (Å²) in [6.07, 6.45) is 1.54. The molecule has 18 heavy (non-hydrogen) atoms. The molecular formula is C11H12N4O3. The molecule has 2 aromatic heterocycles. The van der Waals surface area contributed by atoms with Gasteiger partial charge in [-0.25, -0.2) is 0 Å². The van der Waals surface area contributed by atoms with Crippen LogP contribution >= 0.6 is 0 Å². The summed E-state index contributed by atoms with van der Waals surface area (Å²) in [5.41, 5.74) is 0.0661. The minimum absolute atomic E-state index is 0.158. The molecule has 0 aromatic carbocycles. The number of aryl methyl sites for hydroxylation is 2. The third-order valence-electron chi connectivity index (χ3n) is 2.34. The molecule has 0 aliphatic rings. The predicted molar refractivity (Wildman–Crippen MR) is 61.9 cm³/mol. The molecule has 2 rings (SSSR count). The number of pyridine rings is 1. The molecule has 0 aliphatic heterocycles. The fourth-order valence-electron chi connectivity index (χ4n) is 1.36. The summed E-state index contributed by atoms with van der Waals surface area (Å²) in [7, 11) is 1.62. The molecule has 0 aliphatic carbocycles. The second-order valence-corrected chi connectivity index (χ2v) is 3.78. The number of nitrogens with one attached hydrogen (secondary N) is 1. The van der Waals surface area contributed by atoms with E-state index in [0.717, 1.165) is 0 Å². The Morgan fingerprint density at radius 2 is 2.33 bits per heavy atom. The highest BCUT2D eigenvalue weighted by molar-refractivity contribution is 5.93. The smallest absolute Gasteiger partial charge is 0.251 e. The summed E-state index contributed by atoms with van der Waals surface area (Å²) in [6.45, 7) is 1.82. The first-order chi connectivity index (χ1) is 8.56. The van der Waals surface area contributed by atoms with Gasteiger partial charge in [0.15, 0.2) is 5.82 Å². The Hall–Kier alpha value is -2.44. The fourth-order valence-corrected chi connectivity index (χ4v) is 1.36. The van der Waals surface area contributed by atoms with Crippen LogP contribution in [0, 0.1) is 6.92 Å². The monoisotopic (exact) mass is 248 g/mol. The van der Waals surface area contributed by atoms with Crippen molar-refractivity contribution in [2.24, 2.45) is 7.05 Å². The first kappa shape index (κ1) is 12.0. The summed E-state index contributed by atoms with van der Waals surface area (Å²) < 4.78 is 6.16. The van der Waals surface area contributed by atoms with Crippen molar-refractivity contribution in [2.75, 3.05) is 0 Å². The lowest BCUT2D eigenvalue weighted by atomic mass is 10.2. The molecule has 0 atom stereocenters. The summed E-state index contributed by atoms with van der Waals surface area (Å²) in [6, 6.07) is 2.84. The van der Waals surface area contributed by atoms with Crippen molar-refractivity contribution in [3.63, 3.8) is 0 Å². The molecule has 0 radical (unpaired) electrons. The zero-order valence-electron chi connectivity index (χ0n) is 10.0. The van der Waals surface area contributed by atoms with E-state index in [-0.39, 0.29) is 18.0 Å². The van der Waals surface area contributed by atoms with Gasteiger partial charge in [-0.3, -0.25) is 9.59 Å². The molecular weight excluding hydrogens is 236 g/mol. The molecule has 2 heterocycles. The van der Waals surface area contributed by atoms with Crippen molar-refractivity contribution >= 4 is 5.91 Å². The molecule has 7 heteroatoms. The van der Waals surface area contributed by atoms with Gasteiger partial charge < -0.3 is 14.4 Å². The van der Waals surface area contributed by atoms with Crippen LogP contribution in [0.5, 0.6) is 0 Å². The highest BCUT2D eigenvalue weighted by Crippen LogP contribution is 1.97. The van der Waals surface area contributed by atoms with Gasteiger partial charge in [0.25, 0.3) is 11.5 Å². The molecule has 7 nitrogen and oxygen atoms in total. The maximum Gasteiger partial charge on any atom is 0.251 e. The molecule has 0 saturated carbocycles. The Balaban J connectivity index is 2.03. The third-order valence-corrected chi connectivity index (χ3v) is 2.34. The van der Waals surface area contributed by atoms with Crippen molar-refractivity contribution in [1.29, 1.82) is 0 Å². The molecule has 0 fully saturated rings. The summed E-state index contributed by atoms with van der Waals surface area (Å²) in [4.78, 5) is 27.1. The molecule has 94 valence electrons. The van der Waals surface area contributed by atoms with E-state index in [2.05, 4.69) is 15.5 Å². The first-order valence-electron chi connectivity index (χ1n) is 5.30. The highest BCUT2D eigenvalue weighted by Gasteiger charge is 2.08. The van der Waals surface area contributed by atoms with E-state index >= 15 is 0 Å². The molecule has 0 spiro atoms. The van der Waals surface area contributed by atoms with Crippen LogP contribution in [0.15, 0.2) is 27.6 Å². The lowest BCUT2D eigenvalue weighted by Crippen LogP contribution is -2.26. The average molecular weight is 248 g/mol. The second kappa shape index (κ2) is 4.82. The van der Waals surface area contributed by atoms with Gasteiger partial charge in [-0.05, 0) is 6.07 Å². The van der Waals surface area contributed by atoms with Gasteiger partial charge in [-0.15, -0.1) is 0 Å². The normalized spacial score (nSPS) is 10.3. The SMILES string of the molecule is Cc1nc(CNC(=O)c2ccn(C)c(=O)c2)no1. The largest absolute Gasteiger partial charge is 0.345 e. The Morgan fingerprint density at radius 3 is 2.94 bits per heavy atom. The van der Waals surface area contributed by atoms with Crippen molar-refractivity contribution < 1.29 is 9.32 Å². The van der Waals surface area contributed by atoms with E-state index in [4.69, 9.17) is 4.52 Å². The number of rotatable bonds is 3. The highest BCUT2D eigenvalue weighted by atomic mass is 16.5. The van der Waals surface area contributed by atoms with E-state index in [9.17, 15) is 9.59 Å². The molecule has 0 bridgehead atoms. The van der Waals surface area contributed by atoms with Crippen LogP contribution in [-0.4, -0.2) is 20.6 Å². The number of hydrogen-bond acceptors (Lipinski definition) is 5. The van der Waals surface area contributed by atoms with Gasteiger partial charge in [0.1, 0.15) is 0 Å². The van der Waals surface area contributed by atoms with Crippen molar-refractivity contribution in [3.05, 3.63) is 46.0 Å².